The van der Waals surface area contributed by atoms with Gasteiger partial charge in [-0.25, -0.2) is 0 Å². The highest BCUT2D eigenvalue weighted by Crippen LogP contribution is 2.30. The first-order valence-electron chi connectivity index (χ1n) is 6.77. The van der Waals surface area contributed by atoms with E-state index in [2.05, 4.69) is 10.4 Å². The van der Waals surface area contributed by atoms with E-state index >= 15 is 0 Å². The first-order valence-corrected chi connectivity index (χ1v) is 6.77. The van der Waals surface area contributed by atoms with Crippen molar-refractivity contribution in [2.75, 3.05) is 17.7 Å². The van der Waals surface area contributed by atoms with Crippen LogP contribution in [0.1, 0.15) is 25.1 Å². The third kappa shape index (κ3) is 2.49. The first-order chi connectivity index (χ1) is 9.51. The smallest absolute Gasteiger partial charge is 0.148 e. The highest BCUT2D eigenvalue weighted by molar-refractivity contribution is 5.66. The average molecular weight is 274 g/mol. The van der Waals surface area contributed by atoms with Gasteiger partial charge in [0.05, 0.1) is 23.5 Å². The van der Waals surface area contributed by atoms with Gasteiger partial charge in [0.25, 0.3) is 0 Å². The van der Waals surface area contributed by atoms with E-state index in [4.69, 9.17) is 5.73 Å². The van der Waals surface area contributed by atoms with E-state index in [1.54, 1.807) is 4.68 Å². The molecule has 1 heterocycles. The number of anilines is 2. The van der Waals surface area contributed by atoms with Gasteiger partial charge in [0.15, 0.2) is 0 Å². The first kappa shape index (κ1) is 14.4. The van der Waals surface area contributed by atoms with Crippen LogP contribution in [-0.4, -0.2) is 21.5 Å². The number of aliphatic hydroxyl groups is 1. The van der Waals surface area contributed by atoms with Gasteiger partial charge in [0.1, 0.15) is 5.82 Å². The Morgan fingerprint density at radius 3 is 2.50 bits per heavy atom. The van der Waals surface area contributed by atoms with Gasteiger partial charge >= 0.3 is 0 Å². The zero-order valence-corrected chi connectivity index (χ0v) is 12.2. The van der Waals surface area contributed by atoms with Crippen molar-refractivity contribution < 1.29 is 5.11 Å². The van der Waals surface area contributed by atoms with E-state index in [0.717, 1.165) is 23.5 Å². The lowest BCUT2D eigenvalue weighted by Gasteiger charge is -2.30. The van der Waals surface area contributed by atoms with Gasteiger partial charge in [0.2, 0.25) is 0 Å². The van der Waals surface area contributed by atoms with Gasteiger partial charge in [-0.1, -0.05) is 37.3 Å². The maximum absolute atomic E-state index is 9.81. The number of nitrogens with one attached hydrogen (secondary N) is 1. The number of nitrogen functional groups attached to an aromatic ring is 1. The van der Waals surface area contributed by atoms with Crippen LogP contribution >= 0.6 is 0 Å². The molecule has 0 amide bonds. The van der Waals surface area contributed by atoms with Crippen LogP contribution < -0.4 is 11.1 Å². The number of hydrogen-bond acceptors (Lipinski definition) is 4. The quantitative estimate of drug-likeness (QED) is 0.778. The fourth-order valence-electron chi connectivity index (χ4n) is 2.28. The Morgan fingerprint density at radius 2 is 2.00 bits per heavy atom. The topological polar surface area (TPSA) is 76.1 Å². The molecule has 1 aromatic carbocycles. The second-order valence-corrected chi connectivity index (χ2v) is 5.17. The summed E-state index contributed by atoms with van der Waals surface area (Å²) in [5.74, 6) is 0.738. The van der Waals surface area contributed by atoms with Crippen molar-refractivity contribution in [3.63, 3.8) is 0 Å². The van der Waals surface area contributed by atoms with E-state index in [1.807, 2.05) is 51.2 Å². The van der Waals surface area contributed by atoms with Crippen molar-refractivity contribution in [1.29, 1.82) is 0 Å². The number of nitrogens with two attached hydrogens (primary N) is 1. The minimum atomic E-state index is -0.603. The van der Waals surface area contributed by atoms with Crippen molar-refractivity contribution in [3.05, 3.63) is 41.6 Å². The predicted molar refractivity (Wildman–Crippen MR) is 81.5 cm³/mol. The molecule has 5 nitrogen and oxygen atoms in total. The van der Waals surface area contributed by atoms with E-state index in [9.17, 15) is 5.11 Å². The molecule has 0 aliphatic heterocycles. The van der Waals surface area contributed by atoms with Crippen LogP contribution in [0.25, 0.3) is 0 Å². The van der Waals surface area contributed by atoms with Gasteiger partial charge in [-0.3, -0.25) is 4.68 Å². The molecular formula is C15H22N4O. The molecule has 2 rings (SSSR count). The fourth-order valence-corrected chi connectivity index (χ4v) is 2.28. The molecule has 1 unspecified atom stereocenters. The van der Waals surface area contributed by atoms with Crippen LogP contribution in [0.4, 0.5) is 11.5 Å². The molecule has 4 N–H and O–H groups in total. The lowest BCUT2D eigenvalue weighted by atomic mass is 9.93. The maximum atomic E-state index is 9.81. The van der Waals surface area contributed by atoms with Crippen LogP contribution in [0.5, 0.6) is 0 Å². The summed E-state index contributed by atoms with van der Waals surface area (Å²) in [6.45, 7) is 3.92. The summed E-state index contributed by atoms with van der Waals surface area (Å²) in [5, 5.41) is 17.5. The Kier molecular flexibility index (Phi) is 3.99. The fraction of sp³-hybridized carbons (Fsp3) is 0.400. The summed E-state index contributed by atoms with van der Waals surface area (Å²) in [4.78, 5) is 0. The third-order valence-electron chi connectivity index (χ3n) is 3.62. The van der Waals surface area contributed by atoms with Crippen molar-refractivity contribution in [2.45, 2.75) is 25.8 Å². The van der Waals surface area contributed by atoms with E-state index in [0.29, 0.717) is 5.69 Å². The molecular weight excluding hydrogens is 252 g/mol. The van der Waals surface area contributed by atoms with Crippen LogP contribution in [0.2, 0.25) is 0 Å². The molecule has 1 aromatic heterocycles. The Labute approximate surface area is 119 Å². The van der Waals surface area contributed by atoms with Crippen LogP contribution in [0, 0.1) is 0 Å². The standard InChI is InChI=1S/C15H22N4O/c1-4-12-13(16)14(19(3)18-12)17-15(2,10-20)11-8-6-5-7-9-11/h5-9,17,20H,4,10,16H2,1-3H3. The van der Waals surface area contributed by atoms with Crippen LogP contribution in [0.3, 0.4) is 0 Å². The molecule has 0 aliphatic carbocycles. The monoisotopic (exact) mass is 274 g/mol. The molecule has 1 atom stereocenters. The average Bonchev–Trinajstić information content (AvgIpc) is 2.75. The minimum Gasteiger partial charge on any atom is -0.394 e. The minimum absolute atomic E-state index is 0.0386. The molecule has 108 valence electrons. The molecule has 2 aromatic rings. The summed E-state index contributed by atoms with van der Waals surface area (Å²) < 4.78 is 1.73. The molecule has 5 heteroatoms. The maximum Gasteiger partial charge on any atom is 0.148 e. The lowest BCUT2D eigenvalue weighted by molar-refractivity contribution is 0.223. The summed E-state index contributed by atoms with van der Waals surface area (Å²) in [6.07, 6.45) is 0.780. The zero-order chi connectivity index (χ0) is 14.8. The number of hydrogen-bond donors (Lipinski definition) is 3. The normalized spacial score (nSPS) is 14.0. The molecule has 0 spiro atoms. The Balaban J connectivity index is 2.38. The van der Waals surface area contributed by atoms with Gasteiger partial charge < -0.3 is 16.2 Å². The van der Waals surface area contributed by atoms with Crippen molar-refractivity contribution >= 4 is 11.5 Å². The van der Waals surface area contributed by atoms with E-state index in [-0.39, 0.29) is 6.61 Å². The van der Waals surface area contributed by atoms with Gasteiger partial charge in [-0.15, -0.1) is 0 Å². The van der Waals surface area contributed by atoms with E-state index in [1.165, 1.54) is 0 Å². The van der Waals surface area contributed by atoms with Gasteiger partial charge in [-0.2, -0.15) is 5.10 Å². The predicted octanol–water partition coefficient (Wildman–Crippen LogP) is 1.88. The van der Waals surface area contributed by atoms with Crippen LogP contribution in [-0.2, 0) is 19.0 Å². The number of benzene rings is 1. The largest absolute Gasteiger partial charge is 0.394 e. The molecule has 0 fully saturated rings. The number of aliphatic hydroxyl groups excluding tert-OH is 1. The van der Waals surface area contributed by atoms with Gasteiger partial charge in [-0.05, 0) is 18.9 Å². The summed E-state index contributed by atoms with van der Waals surface area (Å²) >= 11 is 0. The summed E-state index contributed by atoms with van der Waals surface area (Å²) in [7, 11) is 1.85. The number of nitrogens with zero attached hydrogens (tertiary/aromatic N) is 2. The number of aryl methyl sites for hydroxylation is 2. The Bertz CT molecular complexity index is 579. The van der Waals surface area contributed by atoms with Crippen molar-refractivity contribution in [1.82, 2.24) is 9.78 Å². The summed E-state index contributed by atoms with van der Waals surface area (Å²) in [6, 6.07) is 9.83. The third-order valence-corrected chi connectivity index (χ3v) is 3.62. The second-order valence-electron chi connectivity index (χ2n) is 5.17. The highest BCUT2D eigenvalue weighted by Gasteiger charge is 2.28. The second kappa shape index (κ2) is 5.54. The number of aromatic nitrogens is 2. The molecule has 0 aliphatic rings. The van der Waals surface area contributed by atoms with Crippen molar-refractivity contribution in [3.8, 4) is 0 Å². The molecule has 0 saturated carbocycles. The lowest BCUT2D eigenvalue weighted by Crippen LogP contribution is -2.36. The number of rotatable bonds is 5. The molecule has 0 saturated heterocycles. The molecule has 20 heavy (non-hydrogen) atoms. The van der Waals surface area contributed by atoms with Crippen molar-refractivity contribution in [2.24, 2.45) is 7.05 Å². The Hall–Kier alpha value is -2.01. The highest BCUT2D eigenvalue weighted by atomic mass is 16.3. The Morgan fingerprint density at radius 1 is 1.35 bits per heavy atom. The molecule has 0 bridgehead atoms. The van der Waals surface area contributed by atoms with E-state index < -0.39 is 5.54 Å². The molecule has 0 radical (unpaired) electrons. The van der Waals surface area contributed by atoms with Gasteiger partial charge in [0, 0.05) is 7.05 Å². The van der Waals surface area contributed by atoms with Crippen LogP contribution in [0.15, 0.2) is 30.3 Å². The summed E-state index contributed by atoms with van der Waals surface area (Å²) in [5.41, 5.74) is 8.03. The SMILES string of the molecule is CCc1nn(C)c(NC(C)(CO)c2ccccc2)c1N. The zero-order valence-electron chi connectivity index (χ0n) is 12.2.